The summed E-state index contributed by atoms with van der Waals surface area (Å²) in [6, 6.07) is 19.1. The predicted octanol–water partition coefficient (Wildman–Crippen LogP) is 7.68. The number of ether oxygens (including phenoxy) is 2. The van der Waals surface area contributed by atoms with E-state index in [1.54, 1.807) is 48.8 Å². The van der Waals surface area contributed by atoms with Gasteiger partial charge in [-0.3, -0.25) is 14.4 Å². The van der Waals surface area contributed by atoms with Crippen molar-refractivity contribution in [1.82, 2.24) is 39.3 Å². The monoisotopic (exact) mass is 1090 g/mol. The average molecular weight is 1090 g/mol. The third-order valence-corrected chi connectivity index (χ3v) is 15.3. The smallest absolute Gasteiger partial charge is 0.268 e. The van der Waals surface area contributed by atoms with Crippen molar-refractivity contribution in [3.63, 3.8) is 0 Å². The van der Waals surface area contributed by atoms with Gasteiger partial charge >= 0.3 is 0 Å². The molecule has 0 aliphatic carbocycles. The van der Waals surface area contributed by atoms with Crippen molar-refractivity contribution < 1.29 is 40.7 Å². The zero-order chi connectivity index (χ0) is 56.2. The van der Waals surface area contributed by atoms with Gasteiger partial charge in [0.05, 0.1) is 34.7 Å². The number of hydrogen-bond donors (Lipinski definition) is 4. The first-order valence-corrected chi connectivity index (χ1v) is 28.0. The summed E-state index contributed by atoms with van der Waals surface area (Å²) in [5.41, 5.74) is 8.02. The van der Waals surface area contributed by atoms with Gasteiger partial charge in [-0.05, 0) is 141 Å². The molecule has 0 spiro atoms. The molecule has 2 fully saturated rings. The Hall–Kier alpha value is -7.79. The molecule has 77 heavy (non-hydrogen) atoms. The van der Waals surface area contributed by atoms with Crippen molar-refractivity contribution >= 4 is 61.0 Å². The summed E-state index contributed by atoms with van der Waals surface area (Å²) in [5.74, 6) is -0.0299. The van der Waals surface area contributed by atoms with E-state index in [2.05, 4.69) is 81.1 Å². The molecule has 0 radical (unpaired) electrons. The molecule has 0 aromatic carbocycles. The van der Waals surface area contributed by atoms with Crippen LogP contribution in [0.25, 0.3) is 22.5 Å². The highest BCUT2D eigenvalue weighted by atomic mass is 32.2. The lowest BCUT2D eigenvalue weighted by Crippen LogP contribution is -2.41. The van der Waals surface area contributed by atoms with Crippen LogP contribution in [0.1, 0.15) is 110 Å². The molecule has 3 amide bonds. The molecule has 0 unspecified atom stereocenters. The Morgan fingerprint density at radius 2 is 1.05 bits per heavy atom. The van der Waals surface area contributed by atoms with Crippen molar-refractivity contribution in [3.8, 4) is 34.3 Å². The summed E-state index contributed by atoms with van der Waals surface area (Å²) in [6.45, 7) is 22.8. The van der Waals surface area contributed by atoms with Crippen LogP contribution < -0.4 is 39.8 Å². The first kappa shape index (κ1) is 56.9. The van der Waals surface area contributed by atoms with Crippen molar-refractivity contribution in [2.45, 2.75) is 122 Å². The standard InChI is InChI=1S/C28H34N6O5S.C26H32N6O4S/c1-17(2)39-24-12-9-20(15-30-24)22-11-10-21(26(32-22)34-16-18(3)14-28(34,5)6)27(36)33-40(37,38)23-8-7-13-29-25(23)31-19(4)35;1-16(2)36-22-11-8-18(14-29-22)20-10-9-19(24(30-20)32-15-17(3)13-26(32,4)5)25(33)31-37(34,35)21-7-6-12-28-23(21)27/h7-13,15,17-18H,14,16H2,1-6H3,(H,33,36)(H,29,31,35);6-12,14,16-17H,13,15H2,1-5H3,(H2,27,28)(H,31,33)/t18-;17-/m00/s1. The molecule has 0 bridgehead atoms. The van der Waals surface area contributed by atoms with Gasteiger partial charge in [-0.15, -0.1) is 0 Å². The van der Waals surface area contributed by atoms with Crippen molar-refractivity contribution in [1.29, 1.82) is 0 Å². The van der Waals surface area contributed by atoms with Gasteiger partial charge in [0.1, 0.15) is 27.2 Å². The number of anilines is 4. The fourth-order valence-electron chi connectivity index (χ4n) is 9.55. The van der Waals surface area contributed by atoms with E-state index in [-0.39, 0.29) is 55.8 Å². The molecule has 408 valence electrons. The summed E-state index contributed by atoms with van der Waals surface area (Å²) in [7, 11) is -8.64. The van der Waals surface area contributed by atoms with E-state index in [0.717, 1.165) is 24.0 Å². The van der Waals surface area contributed by atoms with Crippen LogP contribution in [0, 0.1) is 11.8 Å². The Kier molecular flexibility index (Phi) is 16.9. The number of carbonyl (C=O) groups excluding carboxylic acids is 3. The molecule has 2 aliphatic heterocycles. The lowest BCUT2D eigenvalue weighted by Gasteiger charge is -2.34. The van der Waals surface area contributed by atoms with E-state index in [0.29, 0.717) is 59.7 Å². The molecule has 2 saturated heterocycles. The average Bonchev–Trinajstić information content (AvgIpc) is 3.80. The van der Waals surface area contributed by atoms with Gasteiger partial charge in [0, 0.05) is 79.1 Å². The Bertz CT molecular complexity index is 3380. The highest BCUT2D eigenvalue weighted by Gasteiger charge is 2.41. The second-order valence-corrected chi connectivity index (χ2v) is 24.3. The van der Waals surface area contributed by atoms with E-state index in [9.17, 15) is 31.2 Å². The molecule has 0 saturated carbocycles. The Labute approximate surface area is 450 Å². The van der Waals surface area contributed by atoms with Crippen LogP contribution in [0.3, 0.4) is 0 Å². The Morgan fingerprint density at radius 1 is 0.623 bits per heavy atom. The number of nitrogen functional groups attached to an aromatic ring is 1. The number of hydrogen-bond acceptors (Lipinski definition) is 18. The third kappa shape index (κ3) is 13.6. The summed E-state index contributed by atoms with van der Waals surface area (Å²) in [4.78, 5) is 68.1. The summed E-state index contributed by atoms with van der Waals surface area (Å²) in [6.07, 6.45) is 7.79. The number of amides is 3. The number of pyridine rings is 6. The van der Waals surface area contributed by atoms with E-state index in [1.165, 1.54) is 43.6 Å². The van der Waals surface area contributed by atoms with E-state index in [1.807, 2.05) is 44.7 Å². The lowest BCUT2D eigenvalue weighted by molar-refractivity contribution is -0.114. The van der Waals surface area contributed by atoms with Gasteiger partial charge in [0.25, 0.3) is 31.9 Å². The van der Waals surface area contributed by atoms with Gasteiger partial charge in [0.2, 0.25) is 17.7 Å². The zero-order valence-electron chi connectivity index (χ0n) is 45.0. The zero-order valence-corrected chi connectivity index (χ0v) is 46.7. The van der Waals surface area contributed by atoms with Gasteiger partial charge in [-0.25, -0.2) is 56.2 Å². The number of nitrogens with two attached hydrogens (primary N) is 1. The maximum atomic E-state index is 13.5. The number of sulfonamides is 2. The number of carbonyl (C=O) groups is 3. The normalized spacial score (nSPS) is 16.8. The van der Waals surface area contributed by atoms with E-state index in [4.69, 9.17) is 25.2 Å². The highest BCUT2D eigenvalue weighted by molar-refractivity contribution is 7.90. The van der Waals surface area contributed by atoms with Crippen molar-refractivity contribution in [3.05, 3.63) is 109 Å². The topological polar surface area (TPSA) is 284 Å². The quantitative estimate of drug-likeness (QED) is 0.0767. The van der Waals surface area contributed by atoms with Gasteiger partial charge in [0.15, 0.2) is 5.82 Å². The molecule has 5 N–H and O–H groups in total. The summed E-state index contributed by atoms with van der Waals surface area (Å²) >= 11 is 0. The molecule has 8 heterocycles. The summed E-state index contributed by atoms with van der Waals surface area (Å²) in [5, 5.41) is 2.39. The third-order valence-electron chi connectivity index (χ3n) is 12.6. The minimum absolute atomic E-state index is 0.00134. The molecule has 2 aliphatic rings. The Balaban J connectivity index is 0.000000224. The molecule has 21 nitrogen and oxygen atoms in total. The van der Waals surface area contributed by atoms with Crippen molar-refractivity contribution in [2.75, 3.05) is 33.9 Å². The number of rotatable bonds is 15. The molecule has 23 heteroatoms. The lowest BCUT2D eigenvalue weighted by atomic mass is 9.97. The molecule has 2 atom stereocenters. The SMILES string of the molecule is CC(=O)Nc1ncccc1S(=O)(=O)NC(=O)c1ccc(-c2ccc(OC(C)C)nc2)nc1N1C[C@@H](C)CC1(C)C.CC(C)Oc1ccc(-c2ccc(C(=O)NS(=O)(=O)c3cccnc3N)c(N3C[C@@H](C)CC3(C)C)n2)cn1. The van der Waals surface area contributed by atoms with Crippen LogP contribution in [0.5, 0.6) is 11.8 Å². The summed E-state index contributed by atoms with van der Waals surface area (Å²) < 4.78 is 67.9. The first-order valence-electron chi connectivity index (χ1n) is 25.0. The maximum Gasteiger partial charge on any atom is 0.268 e. The molecule has 6 aromatic rings. The second-order valence-electron chi connectivity index (χ2n) is 21.0. The fraction of sp³-hybridized carbons (Fsp3) is 0.389. The van der Waals surface area contributed by atoms with Crippen LogP contribution in [0.2, 0.25) is 0 Å². The molecular formula is C54H66N12O9S2. The van der Waals surface area contributed by atoms with E-state index < -0.39 is 37.8 Å². The molecule has 8 rings (SSSR count). The largest absolute Gasteiger partial charge is 0.475 e. The van der Waals surface area contributed by atoms with Crippen molar-refractivity contribution in [2.24, 2.45) is 11.8 Å². The fourth-order valence-corrected chi connectivity index (χ4v) is 11.7. The first-order chi connectivity index (χ1) is 36.1. The van der Waals surface area contributed by atoms with Crippen LogP contribution in [0.15, 0.2) is 107 Å². The number of aromatic nitrogens is 6. The van der Waals surface area contributed by atoms with Crippen LogP contribution in [-0.2, 0) is 24.8 Å². The van der Waals surface area contributed by atoms with Crippen LogP contribution in [0.4, 0.5) is 23.3 Å². The van der Waals surface area contributed by atoms with Gasteiger partial charge in [-0.2, -0.15) is 0 Å². The second kappa shape index (κ2) is 22.8. The van der Waals surface area contributed by atoms with Crippen LogP contribution >= 0.6 is 0 Å². The minimum atomic E-state index is -4.39. The Morgan fingerprint density at radius 3 is 1.43 bits per heavy atom. The van der Waals surface area contributed by atoms with Gasteiger partial charge < -0.3 is 30.3 Å². The highest BCUT2D eigenvalue weighted by Crippen LogP contribution is 2.40. The molecule has 6 aromatic heterocycles. The minimum Gasteiger partial charge on any atom is -0.475 e. The predicted molar refractivity (Wildman–Crippen MR) is 293 cm³/mol. The molecular weight excluding hydrogens is 1020 g/mol. The van der Waals surface area contributed by atoms with E-state index >= 15 is 0 Å². The van der Waals surface area contributed by atoms with Crippen LogP contribution in [-0.4, -0.2) is 101 Å². The number of nitrogens with one attached hydrogen (secondary N) is 3. The number of nitrogens with zero attached hydrogens (tertiary/aromatic N) is 8. The maximum absolute atomic E-state index is 13.5. The van der Waals surface area contributed by atoms with Gasteiger partial charge in [-0.1, -0.05) is 13.8 Å².